The van der Waals surface area contributed by atoms with Gasteiger partial charge in [0.25, 0.3) is 0 Å². The average Bonchev–Trinajstić information content (AvgIpc) is 2.61. The number of carbonyl (C=O) groups excluding carboxylic acids is 1. The van der Waals surface area contributed by atoms with Gasteiger partial charge in [0.1, 0.15) is 0 Å². The number of Topliss-reactive ketones (excluding diaryl/α,β-unsaturated/α-hetero) is 1. The van der Waals surface area contributed by atoms with Gasteiger partial charge >= 0.3 is 0 Å². The molecule has 2 rings (SSSR count). The summed E-state index contributed by atoms with van der Waals surface area (Å²) >= 11 is 4.14. The molecule has 0 atom stereocenters. The molecule has 1 nitrogen and oxygen atoms in total. The number of benzene rings is 1. The third-order valence-electron chi connectivity index (χ3n) is 2.66. The van der Waals surface area contributed by atoms with Crippen LogP contribution in [0.1, 0.15) is 34.3 Å². The van der Waals surface area contributed by atoms with Crippen molar-refractivity contribution in [2.24, 2.45) is 0 Å². The Hall–Kier alpha value is -1.02. The minimum Gasteiger partial charge on any atom is -0.294 e. The molecule has 0 saturated carbocycles. The van der Waals surface area contributed by atoms with Gasteiger partial charge in [-0.05, 0) is 35.8 Å². The highest BCUT2D eigenvalue weighted by molar-refractivity contribution is 7.80. The van der Waals surface area contributed by atoms with E-state index in [0.29, 0.717) is 6.42 Å². The third-order valence-corrected chi connectivity index (χ3v) is 2.92. The van der Waals surface area contributed by atoms with Crippen molar-refractivity contribution >= 4 is 24.5 Å². The predicted molar refractivity (Wildman–Crippen MR) is 66.6 cm³/mol. The number of hydrogen-bond donors (Lipinski definition) is 1. The number of rotatable bonds is 3. The summed E-state index contributed by atoms with van der Waals surface area (Å²) in [6.07, 6.45) is 6.71. The Morgan fingerprint density at radius 3 is 3.00 bits per heavy atom. The number of aryl methyl sites for hydroxylation is 1. The molecule has 0 radical (unpaired) electrons. The minimum absolute atomic E-state index is 0.287. The van der Waals surface area contributed by atoms with E-state index in [4.69, 9.17) is 0 Å². The molecule has 0 spiro atoms. The molecule has 0 N–H and O–H groups in total. The molecule has 0 aromatic heterocycles. The third kappa shape index (κ3) is 2.32. The molecule has 0 unspecified atom stereocenters. The van der Waals surface area contributed by atoms with E-state index in [1.807, 2.05) is 6.07 Å². The van der Waals surface area contributed by atoms with Crippen LogP contribution < -0.4 is 0 Å². The molecule has 0 fully saturated rings. The van der Waals surface area contributed by atoms with Gasteiger partial charge in [-0.15, -0.1) is 0 Å². The number of thiol groups is 1. The Labute approximate surface area is 95.6 Å². The lowest BCUT2D eigenvalue weighted by atomic mass is 10.1. The standard InChI is InChI=1S/C13H14OS/c14-13-7-6-11-5-4-10(9-12(11)13)3-1-2-8-15/h1,3-5,9,15H,2,6-8H2. The molecule has 0 heterocycles. The van der Waals surface area contributed by atoms with Crippen LogP contribution in [0, 0.1) is 0 Å². The first kappa shape index (κ1) is 10.5. The first-order valence-electron chi connectivity index (χ1n) is 5.25. The topological polar surface area (TPSA) is 17.1 Å². The molecule has 0 bridgehead atoms. The fourth-order valence-electron chi connectivity index (χ4n) is 1.85. The van der Waals surface area contributed by atoms with Crippen molar-refractivity contribution in [3.05, 3.63) is 41.0 Å². The van der Waals surface area contributed by atoms with Gasteiger partial charge in [-0.25, -0.2) is 0 Å². The van der Waals surface area contributed by atoms with Crippen LogP contribution in [0.3, 0.4) is 0 Å². The van der Waals surface area contributed by atoms with E-state index in [0.717, 1.165) is 29.7 Å². The highest BCUT2D eigenvalue weighted by Gasteiger charge is 2.18. The molecule has 15 heavy (non-hydrogen) atoms. The molecular weight excluding hydrogens is 204 g/mol. The van der Waals surface area contributed by atoms with E-state index < -0.39 is 0 Å². The summed E-state index contributed by atoms with van der Waals surface area (Å²) in [5.74, 6) is 1.15. The van der Waals surface area contributed by atoms with Gasteiger partial charge in [0.05, 0.1) is 0 Å². The van der Waals surface area contributed by atoms with Crippen molar-refractivity contribution in [1.82, 2.24) is 0 Å². The van der Waals surface area contributed by atoms with Gasteiger partial charge in [-0.3, -0.25) is 4.79 Å². The zero-order chi connectivity index (χ0) is 10.7. The lowest BCUT2D eigenvalue weighted by Gasteiger charge is -1.99. The Morgan fingerprint density at radius 1 is 1.33 bits per heavy atom. The Kier molecular flexibility index (Phi) is 3.27. The highest BCUT2D eigenvalue weighted by Crippen LogP contribution is 2.23. The summed E-state index contributed by atoms with van der Waals surface area (Å²) in [6, 6.07) is 6.15. The van der Waals surface area contributed by atoms with Crippen molar-refractivity contribution in [2.45, 2.75) is 19.3 Å². The number of carbonyl (C=O) groups is 1. The Bertz CT molecular complexity index is 407. The van der Waals surface area contributed by atoms with Crippen molar-refractivity contribution in [3.63, 3.8) is 0 Å². The summed E-state index contributed by atoms with van der Waals surface area (Å²) in [5, 5.41) is 0. The maximum absolute atomic E-state index is 11.5. The normalized spacial score (nSPS) is 14.9. The van der Waals surface area contributed by atoms with Crippen LogP contribution in [0.4, 0.5) is 0 Å². The zero-order valence-electron chi connectivity index (χ0n) is 8.57. The number of ketones is 1. The maximum Gasteiger partial charge on any atom is 0.163 e. The first-order chi connectivity index (χ1) is 7.31. The Morgan fingerprint density at radius 2 is 2.20 bits per heavy atom. The van der Waals surface area contributed by atoms with Gasteiger partial charge in [0, 0.05) is 12.0 Å². The summed E-state index contributed by atoms with van der Waals surface area (Å²) in [5.41, 5.74) is 3.24. The van der Waals surface area contributed by atoms with E-state index in [1.54, 1.807) is 0 Å². The van der Waals surface area contributed by atoms with Crippen molar-refractivity contribution < 1.29 is 4.79 Å². The van der Waals surface area contributed by atoms with Crippen molar-refractivity contribution in [1.29, 1.82) is 0 Å². The fourth-order valence-corrected chi connectivity index (χ4v) is 2.00. The van der Waals surface area contributed by atoms with Crippen LogP contribution in [0.15, 0.2) is 24.3 Å². The summed E-state index contributed by atoms with van der Waals surface area (Å²) in [7, 11) is 0. The van der Waals surface area contributed by atoms with Crippen LogP contribution in [0.2, 0.25) is 0 Å². The quantitative estimate of drug-likeness (QED) is 0.771. The van der Waals surface area contributed by atoms with Crippen molar-refractivity contribution in [3.8, 4) is 0 Å². The van der Waals surface area contributed by atoms with Gasteiger partial charge in [-0.2, -0.15) is 12.6 Å². The second-order valence-electron chi connectivity index (χ2n) is 3.75. The monoisotopic (exact) mass is 218 g/mol. The van der Waals surface area contributed by atoms with E-state index in [9.17, 15) is 4.79 Å². The lowest BCUT2D eigenvalue weighted by molar-refractivity contribution is 0.0994. The molecule has 1 aliphatic rings. The second kappa shape index (κ2) is 4.67. The van der Waals surface area contributed by atoms with Crippen LogP contribution in [-0.2, 0) is 6.42 Å². The zero-order valence-corrected chi connectivity index (χ0v) is 9.47. The molecule has 0 saturated heterocycles. The molecule has 0 aliphatic heterocycles. The molecule has 2 heteroatoms. The van der Waals surface area contributed by atoms with Crippen molar-refractivity contribution in [2.75, 3.05) is 5.75 Å². The Balaban J connectivity index is 2.22. The van der Waals surface area contributed by atoms with Gasteiger partial charge in [0.15, 0.2) is 5.78 Å². The molecule has 0 amide bonds. The number of hydrogen-bond acceptors (Lipinski definition) is 2. The smallest absolute Gasteiger partial charge is 0.163 e. The van der Waals surface area contributed by atoms with Crippen LogP contribution >= 0.6 is 12.6 Å². The number of fused-ring (bicyclic) bond motifs is 1. The lowest BCUT2D eigenvalue weighted by Crippen LogP contribution is -1.91. The second-order valence-corrected chi connectivity index (χ2v) is 4.20. The van der Waals surface area contributed by atoms with E-state index in [2.05, 4.69) is 36.9 Å². The SMILES string of the molecule is O=C1CCc2ccc(C=CCCS)cc21. The summed E-state index contributed by atoms with van der Waals surface area (Å²) < 4.78 is 0. The highest BCUT2D eigenvalue weighted by atomic mass is 32.1. The first-order valence-corrected chi connectivity index (χ1v) is 5.88. The summed E-state index contributed by atoms with van der Waals surface area (Å²) in [6.45, 7) is 0. The fraction of sp³-hybridized carbons (Fsp3) is 0.308. The van der Waals surface area contributed by atoms with Crippen LogP contribution in [0.25, 0.3) is 6.08 Å². The van der Waals surface area contributed by atoms with E-state index in [-0.39, 0.29) is 5.78 Å². The van der Waals surface area contributed by atoms with E-state index >= 15 is 0 Å². The average molecular weight is 218 g/mol. The van der Waals surface area contributed by atoms with Crippen LogP contribution in [0.5, 0.6) is 0 Å². The predicted octanol–water partition coefficient (Wildman–Crippen LogP) is 3.15. The minimum atomic E-state index is 0.287. The van der Waals surface area contributed by atoms with Gasteiger partial charge in [0.2, 0.25) is 0 Å². The molecule has 1 aromatic carbocycles. The number of allylic oxidation sites excluding steroid dienone is 1. The van der Waals surface area contributed by atoms with Gasteiger partial charge < -0.3 is 0 Å². The molecule has 78 valence electrons. The molecular formula is C13H14OS. The largest absolute Gasteiger partial charge is 0.294 e. The van der Waals surface area contributed by atoms with E-state index in [1.165, 1.54) is 5.56 Å². The maximum atomic E-state index is 11.5. The van der Waals surface area contributed by atoms with Gasteiger partial charge in [-0.1, -0.05) is 24.3 Å². The molecule has 1 aliphatic carbocycles. The summed E-state index contributed by atoms with van der Waals surface area (Å²) in [4.78, 5) is 11.5. The van der Waals surface area contributed by atoms with Crippen LogP contribution in [-0.4, -0.2) is 11.5 Å². The molecule has 1 aromatic rings.